The van der Waals surface area contributed by atoms with Crippen LogP contribution in [0.1, 0.15) is 42.5 Å². The maximum Gasteiger partial charge on any atom is 0.339 e. The molecule has 0 fully saturated rings. The Kier molecular flexibility index (Phi) is 7.13. The van der Waals surface area contributed by atoms with Crippen LogP contribution in [-0.4, -0.2) is 41.0 Å². The standard InChI is InChI=1S/C20H26ClN3O5/c1-10(2)28-18-15(21)8-14(9-16(18)27-7)20(26)29-13(5)19(25)22-17-11(3)23-24(6)12(17)4/h8-10,13H,1-7H3,(H,22,25)/t13-/m0/s1. The van der Waals surface area contributed by atoms with Gasteiger partial charge in [-0.25, -0.2) is 4.79 Å². The number of amides is 1. The summed E-state index contributed by atoms with van der Waals surface area (Å²) in [6.45, 7) is 8.81. The fraction of sp³-hybridized carbons (Fsp3) is 0.450. The van der Waals surface area contributed by atoms with Crippen LogP contribution in [0.3, 0.4) is 0 Å². The van der Waals surface area contributed by atoms with Crippen molar-refractivity contribution in [1.82, 2.24) is 9.78 Å². The number of carbonyl (C=O) groups excluding carboxylic acids is 2. The topological polar surface area (TPSA) is 91.7 Å². The van der Waals surface area contributed by atoms with Crippen molar-refractivity contribution >= 4 is 29.2 Å². The van der Waals surface area contributed by atoms with E-state index in [1.54, 1.807) is 18.7 Å². The summed E-state index contributed by atoms with van der Waals surface area (Å²) >= 11 is 6.24. The molecule has 29 heavy (non-hydrogen) atoms. The zero-order valence-corrected chi connectivity index (χ0v) is 18.4. The Morgan fingerprint density at radius 1 is 1.21 bits per heavy atom. The van der Waals surface area contributed by atoms with Crippen LogP contribution in [0.4, 0.5) is 5.69 Å². The second-order valence-electron chi connectivity index (χ2n) is 6.86. The Bertz CT molecular complexity index is 923. The van der Waals surface area contributed by atoms with Gasteiger partial charge in [-0.05, 0) is 46.8 Å². The third kappa shape index (κ3) is 5.20. The first-order valence-electron chi connectivity index (χ1n) is 9.11. The number of aromatic nitrogens is 2. The lowest BCUT2D eigenvalue weighted by atomic mass is 10.2. The van der Waals surface area contributed by atoms with Crippen LogP contribution in [0.2, 0.25) is 5.02 Å². The molecule has 1 aromatic carbocycles. The molecule has 1 atom stereocenters. The van der Waals surface area contributed by atoms with Crippen molar-refractivity contribution in [3.05, 3.63) is 34.1 Å². The van der Waals surface area contributed by atoms with E-state index in [-0.39, 0.29) is 16.7 Å². The summed E-state index contributed by atoms with van der Waals surface area (Å²) in [6.07, 6.45) is -1.15. The summed E-state index contributed by atoms with van der Waals surface area (Å²) in [7, 11) is 3.23. The van der Waals surface area contributed by atoms with Crippen LogP contribution < -0.4 is 14.8 Å². The molecular formula is C20H26ClN3O5. The lowest BCUT2D eigenvalue weighted by molar-refractivity contribution is -0.123. The van der Waals surface area contributed by atoms with E-state index in [1.165, 1.54) is 26.2 Å². The molecule has 0 aliphatic rings. The molecule has 0 aliphatic carbocycles. The lowest BCUT2D eigenvalue weighted by Crippen LogP contribution is -2.30. The molecule has 158 valence electrons. The van der Waals surface area contributed by atoms with Gasteiger partial charge in [0.15, 0.2) is 17.6 Å². The molecule has 0 saturated heterocycles. The summed E-state index contributed by atoms with van der Waals surface area (Å²) in [5.74, 6) is -0.523. The molecule has 1 heterocycles. The third-order valence-electron chi connectivity index (χ3n) is 4.23. The maximum atomic E-state index is 12.5. The van der Waals surface area contributed by atoms with E-state index in [4.69, 9.17) is 25.8 Å². The monoisotopic (exact) mass is 423 g/mol. The molecule has 0 radical (unpaired) electrons. The number of hydrogen-bond acceptors (Lipinski definition) is 6. The summed E-state index contributed by atoms with van der Waals surface area (Å²) < 4.78 is 17.9. The van der Waals surface area contributed by atoms with Gasteiger partial charge in [0, 0.05) is 7.05 Å². The van der Waals surface area contributed by atoms with Gasteiger partial charge < -0.3 is 19.5 Å². The van der Waals surface area contributed by atoms with Crippen molar-refractivity contribution in [3.8, 4) is 11.5 Å². The number of benzene rings is 1. The second kappa shape index (κ2) is 9.17. The summed E-state index contributed by atoms with van der Waals surface area (Å²) in [5.41, 5.74) is 2.22. The number of rotatable bonds is 7. The number of methoxy groups -OCH3 is 1. The minimum absolute atomic E-state index is 0.123. The van der Waals surface area contributed by atoms with Crippen LogP contribution in [0.25, 0.3) is 0 Å². The number of nitrogens with zero attached hydrogens (tertiary/aromatic N) is 2. The fourth-order valence-electron chi connectivity index (χ4n) is 2.65. The molecule has 2 aromatic rings. The van der Waals surface area contributed by atoms with Crippen molar-refractivity contribution in [2.75, 3.05) is 12.4 Å². The van der Waals surface area contributed by atoms with Crippen LogP contribution in [-0.2, 0) is 16.6 Å². The average Bonchev–Trinajstić information content (AvgIpc) is 2.88. The second-order valence-corrected chi connectivity index (χ2v) is 7.27. The van der Waals surface area contributed by atoms with Crippen molar-refractivity contribution in [1.29, 1.82) is 0 Å². The van der Waals surface area contributed by atoms with Gasteiger partial charge >= 0.3 is 5.97 Å². The molecule has 1 amide bonds. The number of nitrogens with one attached hydrogen (secondary N) is 1. The predicted octanol–water partition coefficient (Wildman–Crippen LogP) is 3.67. The van der Waals surface area contributed by atoms with E-state index >= 15 is 0 Å². The maximum absolute atomic E-state index is 12.5. The lowest BCUT2D eigenvalue weighted by Gasteiger charge is -2.17. The minimum Gasteiger partial charge on any atom is -0.493 e. The van der Waals surface area contributed by atoms with Gasteiger partial charge in [-0.2, -0.15) is 5.10 Å². The Balaban J connectivity index is 2.14. The molecule has 0 saturated carbocycles. The van der Waals surface area contributed by atoms with Crippen molar-refractivity contribution < 1.29 is 23.8 Å². The minimum atomic E-state index is -1.03. The molecule has 9 heteroatoms. The molecule has 1 aromatic heterocycles. The highest BCUT2D eigenvalue weighted by molar-refractivity contribution is 6.32. The van der Waals surface area contributed by atoms with Gasteiger partial charge in [0.25, 0.3) is 5.91 Å². The highest BCUT2D eigenvalue weighted by Gasteiger charge is 2.23. The molecule has 2 rings (SSSR count). The Morgan fingerprint density at radius 3 is 2.38 bits per heavy atom. The van der Waals surface area contributed by atoms with E-state index < -0.39 is 18.0 Å². The highest BCUT2D eigenvalue weighted by atomic mass is 35.5. The molecular weight excluding hydrogens is 398 g/mol. The van der Waals surface area contributed by atoms with E-state index in [2.05, 4.69) is 10.4 Å². The third-order valence-corrected chi connectivity index (χ3v) is 4.51. The molecule has 0 spiro atoms. The first-order valence-corrected chi connectivity index (χ1v) is 9.49. The number of esters is 1. The molecule has 0 bridgehead atoms. The van der Waals surface area contributed by atoms with E-state index in [9.17, 15) is 9.59 Å². The Morgan fingerprint density at radius 2 is 1.86 bits per heavy atom. The first kappa shape index (κ1) is 22.5. The number of anilines is 1. The highest BCUT2D eigenvalue weighted by Crippen LogP contribution is 2.37. The number of ether oxygens (including phenoxy) is 3. The van der Waals surface area contributed by atoms with Crippen LogP contribution >= 0.6 is 11.6 Å². The predicted molar refractivity (Wildman–Crippen MR) is 110 cm³/mol. The van der Waals surface area contributed by atoms with Gasteiger partial charge in [-0.1, -0.05) is 11.6 Å². The quantitative estimate of drug-likeness (QED) is 0.683. The van der Waals surface area contributed by atoms with E-state index in [1.807, 2.05) is 20.8 Å². The molecule has 0 aliphatic heterocycles. The van der Waals surface area contributed by atoms with Crippen molar-refractivity contribution in [2.45, 2.75) is 46.8 Å². The van der Waals surface area contributed by atoms with Crippen LogP contribution in [0, 0.1) is 13.8 Å². The molecule has 0 unspecified atom stereocenters. The zero-order chi connectivity index (χ0) is 21.9. The van der Waals surface area contributed by atoms with Crippen molar-refractivity contribution in [3.63, 3.8) is 0 Å². The summed E-state index contributed by atoms with van der Waals surface area (Å²) in [5, 5.41) is 7.20. The van der Waals surface area contributed by atoms with Gasteiger partial charge in [-0.15, -0.1) is 0 Å². The molecule has 8 nitrogen and oxygen atoms in total. The zero-order valence-electron chi connectivity index (χ0n) is 17.6. The number of halogens is 1. The number of carbonyl (C=O) groups is 2. The van der Waals surface area contributed by atoms with Gasteiger partial charge in [0.1, 0.15) is 0 Å². The Hall–Kier alpha value is -2.74. The SMILES string of the molecule is COc1cc(C(=O)O[C@@H](C)C(=O)Nc2c(C)nn(C)c2C)cc(Cl)c1OC(C)C. The fourth-order valence-corrected chi connectivity index (χ4v) is 2.90. The van der Waals surface area contributed by atoms with Gasteiger partial charge in [0.2, 0.25) is 0 Å². The van der Waals surface area contributed by atoms with Gasteiger partial charge in [0.05, 0.1) is 40.9 Å². The summed E-state index contributed by atoms with van der Waals surface area (Å²) in [6, 6.07) is 2.89. The average molecular weight is 424 g/mol. The Labute approximate surface area is 175 Å². The largest absolute Gasteiger partial charge is 0.493 e. The van der Waals surface area contributed by atoms with E-state index in [0.29, 0.717) is 22.9 Å². The number of aryl methyl sites for hydroxylation is 2. The normalized spacial score (nSPS) is 11.9. The summed E-state index contributed by atoms with van der Waals surface area (Å²) in [4.78, 5) is 25.0. The van der Waals surface area contributed by atoms with Crippen LogP contribution in [0.15, 0.2) is 12.1 Å². The molecule has 1 N–H and O–H groups in total. The first-order chi connectivity index (χ1) is 13.5. The van der Waals surface area contributed by atoms with Gasteiger partial charge in [-0.3, -0.25) is 9.48 Å². The smallest absolute Gasteiger partial charge is 0.339 e. The number of hydrogen-bond donors (Lipinski definition) is 1. The van der Waals surface area contributed by atoms with Crippen LogP contribution in [0.5, 0.6) is 11.5 Å². The van der Waals surface area contributed by atoms with Crippen molar-refractivity contribution in [2.24, 2.45) is 7.05 Å². The van der Waals surface area contributed by atoms with E-state index in [0.717, 1.165) is 5.69 Å².